The first kappa shape index (κ1) is 15.1. The molecule has 5 heteroatoms. The van der Waals surface area contributed by atoms with E-state index in [0.717, 1.165) is 50.5 Å². The highest BCUT2D eigenvalue weighted by atomic mass is 15.3. The molecule has 0 aromatic carbocycles. The number of likely N-dealkylation sites (N-methyl/N-ethyl adjacent to an activating group) is 2. The van der Waals surface area contributed by atoms with Gasteiger partial charge in [0.15, 0.2) is 0 Å². The molecule has 0 bridgehead atoms. The average molecular weight is 277 g/mol. The number of nitrogens with one attached hydrogen (secondary N) is 2. The van der Waals surface area contributed by atoms with E-state index in [-0.39, 0.29) is 0 Å². The van der Waals surface area contributed by atoms with Crippen LogP contribution in [-0.2, 0) is 0 Å². The van der Waals surface area contributed by atoms with Crippen molar-refractivity contribution in [3.8, 4) is 0 Å². The summed E-state index contributed by atoms with van der Waals surface area (Å²) < 4.78 is 0. The van der Waals surface area contributed by atoms with Gasteiger partial charge in [0.1, 0.15) is 0 Å². The van der Waals surface area contributed by atoms with Crippen molar-refractivity contribution in [2.45, 2.75) is 19.4 Å². The van der Waals surface area contributed by atoms with E-state index >= 15 is 0 Å². The van der Waals surface area contributed by atoms with Gasteiger partial charge in [-0.2, -0.15) is 0 Å². The highest BCUT2D eigenvalue weighted by Crippen LogP contribution is 2.14. The zero-order valence-electron chi connectivity index (χ0n) is 12.9. The van der Waals surface area contributed by atoms with E-state index in [2.05, 4.69) is 52.5 Å². The van der Waals surface area contributed by atoms with Crippen LogP contribution in [-0.4, -0.2) is 67.6 Å². The molecule has 2 N–H and O–H groups in total. The quantitative estimate of drug-likeness (QED) is 0.826. The molecule has 0 amide bonds. The molecule has 1 aliphatic rings. The molecule has 0 aliphatic carbocycles. The normalized spacial score (nSPS) is 20.9. The minimum Gasteiger partial charge on any atom is -0.384 e. The Bertz CT molecular complexity index is 409. The molecule has 1 aliphatic heterocycles. The van der Waals surface area contributed by atoms with Crippen LogP contribution in [0.5, 0.6) is 0 Å². The molecule has 5 nitrogen and oxygen atoms in total. The van der Waals surface area contributed by atoms with Gasteiger partial charge in [0.25, 0.3) is 0 Å². The summed E-state index contributed by atoms with van der Waals surface area (Å²) in [7, 11) is 4.40. The fourth-order valence-corrected chi connectivity index (χ4v) is 2.46. The second kappa shape index (κ2) is 7.45. The Morgan fingerprint density at radius 2 is 1.95 bits per heavy atom. The summed E-state index contributed by atoms with van der Waals surface area (Å²) in [5.41, 5.74) is 2.18. The molecule has 0 saturated carbocycles. The van der Waals surface area contributed by atoms with Crippen molar-refractivity contribution >= 4 is 11.4 Å². The Labute approximate surface area is 122 Å². The lowest BCUT2D eigenvalue weighted by atomic mass is 10.2. The first-order valence-corrected chi connectivity index (χ1v) is 7.50. The number of anilines is 2. The fraction of sp³-hybridized carbons (Fsp3) is 0.667. The molecule has 1 unspecified atom stereocenters. The second-order valence-electron chi connectivity index (χ2n) is 5.67. The Morgan fingerprint density at radius 3 is 2.70 bits per heavy atom. The van der Waals surface area contributed by atoms with Crippen molar-refractivity contribution in [1.29, 1.82) is 0 Å². The van der Waals surface area contributed by atoms with E-state index < -0.39 is 0 Å². The molecule has 1 aromatic heterocycles. The molecular weight excluding hydrogens is 250 g/mol. The molecule has 20 heavy (non-hydrogen) atoms. The van der Waals surface area contributed by atoms with Crippen LogP contribution in [0.25, 0.3) is 0 Å². The lowest BCUT2D eigenvalue weighted by Gasteiger charge is -2.37. The Kier molecular flexibility index (Phi) is 5.61. The van der Waals surface area contributed by atoms with E-state index in [1.165, 1.54) is 0 Å². The van der Waals surface area contributed by atoms with Crippen LogP contribution in [0.3, 0.4) is 0 Å². The standard InChI is InChI=1S/C15H27N5/c1-4-5-17-13-8-14(10-16-9-13)18-11-15-12-19(2)6-7-20(15)3/h8-10,15,17-18H,4-7,11-12H2,1-3H3. The maximum atomic E-state index is 4.29. The monoisotopic (exact) mass is 277 g/mol. The largest absolute Gasteiger partial charge is 0.384 e. The third-order valence-electron chi connectivity index (χ3n) is 3.84. The van der Waals surface area contributed by atoms with Gasteiger partial charge < -0.3 is 15.5 Å². The fourth-order valence-electron chi connectivity index (χ4n) is 2.46. The van der Waals surface area contributed by atoms with Crippen LogP contribution < -0.4 is 10.6 Å². The summed E-state index contributed by atoms with van der Waals surface area (Å²) in [6.45, 7) is 7.52. The Morgan fingerprint density at radius 1 is 1.20 bits per heavy atom. The van der Waals surface area contributed by atoms with Gasteiger partial charge in [-0.1, -0.05) is 6.92 Å². The van der Waals surface area contributed by atoms with Gasteiger partial charge in [-0.05, 0) is 26.6 Å². The summed E-state index contributed by atoms with van der Waals surface area (Å²) in [6.07, 6.45) is 4.89. The van der Waals surface area contributed by atoms with E-state index in [4.69, 9.17) is 0 Å². The predicted octanol–water partition coefficient (Wildman–Crippen LogP) is 1.56. The maximum absolute atomic E-state index is 4.29. The van der Waals surface area contributed by atoms with Crippen LogP contribution in [0, 0.1) is 0 Å². The molecule has 112 valence electrons. The van der Waals surface area contributed by atoms with E-state index in [1.807, 2.05) is 12.4 Å². The van der Waals surface area contributed by atoms with Gasteiger partial charge >= 0.3 is 0 Å². The molecule has 2 heterocycles. The van der Waals surface area contributed by atoms with E-state index in [9.17, 15) is 0 Å². The number of pyridine rings is 1. The molecule has 1 saturated heterocycles. The third kappa shape index (κ3) is 4.35. The number of rotatable bonds is 6. The molecule has 0 spiro atoms. The van der Waals surface area contributed by atoms with Crippen LogP contribution in [0.15, 0.2) is 18.5 Å². The summed E-state index contributed by atoms with van der Waals surface area (Å²) in [5, 5.41) is 6.88. The van der Waals surface area contributed by atoms with Crippen LogP contribution in [0.2, 0.25) is 0 Å². The smallest absolute Gasteiger partial charge is 0.0548 e. The van der Waals surface area contributed by atoms with Crippen molar-refractivity contribution in [2.75, 3.05) is 57.5 Å². The van der Waals surface area contributed by atoms with Crippen molar-refractivity contribution in [1.82, 2.24) is 14.8 Å². The van der Waals surface area contributed by atoms with Crippen molar-refractivity contribution < 1.29 is 0 Å². The topological polar surface area (TPSA) is 43.4 Å². The zero-order valence-corrected chi connectivity index (χ0v) is 12.9. The summed E-state index contributed by atoms with van der Waals surface area (Å²) >= 11 is 0. The van der Waals surface area contributed by atoms with Crippen molar-refractivity contribution in [3.63, 3.8) is 0 Å². The van der Waals surface area contributed by atoms with E-state index in [0.29, 0.717) is 6.04 Å². The summed E-state index contributed by atoms with van der Waals surface area (Å²) in [6, 6.07) is 2.69. The summed E-state index contributed by atoms with van der Waals surface area (Å²) in [5.74, 6) is 0. The first-order valence-electron chi connectivity index (χ1n) is 7.50. The Hall–Kier alpha value is -1.33. The van der Waals surface area contributed by atoms with Crippen molar-refractivity contribution in [2.24, 2.45) is 0 Å². The molecule has 1 aromatic rings. The third-order valence-corrected chi connectivity index (χ3v) is 3.84. The van der Waals surface area contributed by atoms with Crippen molar-refractivity contribution in [3.05, 3.63) is 18.5 Å². The van der Waals surface area contributed by atoms with Gasteiger partial charge in [0.2, 0.25) is 0 Å². The number of nitrogens with zero attached hydrogens (tertiary/aromatic N) is 3. The number of aromatic nitrogens is 1. The molecule has 1 atom stereocenters. The minimum absolute atomic E-state index is 0.556. The average Bonchev–Trinajstić information content (AvgIpc) is 2.46. The SMILES string of the molecule is CCCNc1cncc(NCC2CN(C)CCN2C)c1. The summed E-state index contributed by atoms with van der Waals surface area (Å²) in [4.78, 5) is 9.11. The number of piperazine rings is 1. The number of hydrogen-bond donors (Lipinski definition) is 2. The Balaban J connectivity index is 1.86. The van der Waals surface area contributed by atoms with Gasteiger partial charge in [-0.3, -0.25) is 9.88 Å². The highest BCUT2D eigenvalue weighted by Gasteiger charge is 2.21. The molecule has 0 radical (unpaired) electrons. The predicted molar refractivity (Wildman–Crippen MR) is 85.4 cm³/mol. The van der Waals surface area contributed by atoms with Crippen LogP contribution in [0.4, 0.5) is 11.4 Å². The molecule has 2 rings (SSSR count). The van der Waals surface area contributed by atoms with Gasteiger partial charge in [-0.25, -0.2) is 0 Å². The molecule has 1 fully saturated rings. The van der Waals surface area contributed by atoms with E-state index in [1.54, 1.807) is 0 Å². The van der Waals surface area contributed by atoms with Crippen LogP contribution >= 0.6 is 0 Å². The molecular formula is C15H27N5. The van der Waals surface area contributed by atoms with Gasteiger partial charge in [0, 0.05) is 38.8 Å². The first-order chi connectivity index (χ1) is 9.69. The van der Waals surface area contributed by atoms with Gasteiger partial charge in [0.05, 0.1) is 23.8 Å². The highest BCUT2D eigenvalue weighted by molar-refractivity contribution is 5.53. The minimum atomic E-state index is 0.556. The zero-order chi connectivity index (χ0) is 14.4. The van der Waals surface area contributed by atoms with Gasteiger partial charge in [-0.15, -0.1) is 0 Å². The van der Waals surface area contributed by atoms with Crippen LogP contribution in [0.1, 0.15) is 13.3 Å². The lowest BCUT2D eigenvalue weighted by molar-refractivity contribution is 0.122. The lowest BCUT2D eigenvalue weighted by Crippen LogP contribution is -2.52. The number of hydrogen-bond acceptors (Lipinski definition) is 5. The maximum Gasteiger partial charge on any atom is 0.0548 e. The second-order valence-corrected chi connectivity index (χ2v) is 5.67.